The fourth-order valence-corrected chi connectivity index (χ4v) is 2.14. The molecule has 1 amide bonds. The molecule has 0 aliphatic carbocycles. The van der Waals surface area contributed by atoms with Crippen LogP contribution in [0.4, 0.5) is 0 Å². The summed E-state index contributed by atoms with van der Waals surface area (Å²) < 4.78 is 11.3. The van der Waals surface area contributed by atoms with Crippen molar-refractivity contribution in [2.75, 3.05) is 40.4 Å². The standard InChI is InChI=1S/C17H26N4O3.HI/c1-4-18-17(20-12-16(22)21(2)3)19-11-13-6-7-14-15(10-13)24-9-5-8-23-14;/h6-7,10H,4-5,8-9,11-12H2,1-3H3,(H2,18,19,20);1H. The van der Waals surface area contributed by atoms with Crippen LogP contribution in [-0.2, 0) is 11.3 Å². The maximum atomic E-state index is 11.7. The monoisotopic (exact) mass is 462 g/mol. The van der Waals surface area contributed by atoms with Gasteiger partial charge in [0.05, 0.1) is 26.3 Å². The van der Waals surface area contributed by atoms with Gasteiger partial charge >= 0.3 is 0 Å². The van der Waals surface area contributed by atoms with Crippen LogP contribution < -0.4 is 20.1 Å². The molecule has 0 atom stereocenters. The molecule has 0 spiro atoms. The number of nitrogens with one attached hydrogen (secondary N) is 2. The number of nitrogens with zero attached hydrogens (tertiary/aromatic N) is 2. The van der Waals surface area contributed by atoms with Gasteiger partial charge in [-0.1, -0.05) is 6.07 Å². The molecule has 0 bridgehead atoms. The van der Waals surface area contributed by atoms with Crippen molar-refractivity contribution in [2.24, 2.45) is 4.99 Å². The van der Waals surface area contributed by atoms with Crippen LogP contribution in [0.2, 0.25) is 0 Å². The van der Waals surface area contributed by atoms with Gasteiger partial charge in [-0.3, -0.25) is 4.79 Å². The van der Waals surface area contributed by atoms with Gasteiger partial charge in [-0.05, 0) is 24.6 Å². The number of ether oxygens (including phenoxy) is 2. The molecule has 2 N–H and O–H groups in total. The third-order valence-electron chi connectivity index (χ3n) is 3.48. The lowest BCUT2D eigenvalue weighted by molar-refractivity contribution is -0.127. The van der Waals surface area contributed by atoms with Crippen LogP contribution in [0.15, 0.2) is 23.2 Å². The van der Waals surface area contributed by atoms with Gasteiger partial charge < -0.3 is 25.0 Å². The van der Waals surface area contributed by atoms with Crippen LogP contribution in [0.3, 0.4) is 0 Å². The molecule has 0 fully saturated rings. The second-order valence-corrected chi connectivity index (χ2v) is 5.67. The van der Waals surface area contributed by atoms with Crippen molar-refractivity contribution >= 4 is 35.8 Å². The molecule has 1 aromatic rings. The maximum Gasteiger partial charge on any atom is 0.241 e. The molecule has 2 rings (SSSR count). The first kappa shape index (κ1) is 21.3. The number of rotatable bonds is 5. The Morgan fingerprint density at radius 1 is 1.20 bits per heavy atom. The summed E-state index contributed by atoms with van der Waals surface area (Å²) in [5, 5.41) is 6.17. The number of fused-ring (bicyclic) bond motifs is 1. The zero-order chi connectivity index (χ0) is 17.4. The third kappa shape index (κ3) is 6.97. The highest BCUT2D eigenvalue weighted by atomic mass is 127. The minimum Gasteiger partial charge on any atom is -0.490 e. The highest BCUT2D eigenvalue weighted by molar-refractivity contribution is 14.0. The number of hydrogen-bond acceptors (Lipinski definition) is 4. The molecule has 0 saturated carbocycles. The first-order chi connectivity index (χ1) is 11.6. The van der Waals surface area contributed by atoms with E-state index in [-0.39, 0.29) is 36.4 Å². The topological polar surface area (TPSA) is 75.2 Å². The number of benzene rings is 1. The van der Waals surface area contributed by atoms with Gasteiger partial charge in [-0.15, -0.1) is 24.0 Å². The second kappa shape index (κ2) is 11.0. The Hall–Kier alpha value is -1.71. The molecular formula is C17H27IN4O3. The normalized spacial score (nSPS) is 13.3. The van der Waals surface area contributed by atoms with Crippen molar-refractivity contribution in [3.8, 4) is 11.5 Å². The number of carbonyl (C=O) groups excluding carboxylic acids is 1. The van der Waals surface area contributed by atoms with Gasteiger partial charge in [0.25, 0.3) is 0 Å². The Balaban J connectivity index is 0.00000312. The molecule has 0 aromatic heterocycles. The fourth-order valence-electron chi connectivity index (χ4n) is 2.14. The predicted molar refractivity (Wildman–Crippen MR) is 109 cm³/mol. The third-order valence-corrected chi connectivity index (χ3v) is 3.48. The summed E-state index contributed by atoms with van der Waals surface area (Å²) in [6.07, 6.45) is 0.885. The molecule has 0 unspecified atom stereocenters. The molecule has 25 heavy (non-hydrogen) atoms. The Morgan fingerprint density at radius 3 is 2.60 bits per heavy atom. The summed E-state index contributed by atoms with van der Waals surface area (Å²) in [7, 11) is 3.46. The smallest absolute Gasteiger partial charge is 0.241 e. The van der Waals surface area contributed by atoms with Crippen LogP contribution in [0.25, 0.3) is 0 Å². The highest BCUT2D eigenvalue weighted by Crippen LogP contribution is 2.30. The van der Waals surface area contributed by atoms with E-state index in [4.69, 9.17) is 9.47 Å². The first-order valence-corrected chi connectivity index (χ1v) is 8.21. The quantitative estimate of drug-likeness (QED) is 0.395. The van der Waals surface area contributed by atoms with E-state index in [0.29, 0.717) is 25.7 Å². The highest BCUT2D eigenvalue weighted by Gasteiger charge is 2.11. The lowest BCUT2D eigenvalue weighted by Crippen LogP contribution is -2.42. The van der Waals surface area contributed by atoms with E-state index in [0.717, 1.165) is 30.0 Å². The molecule has 7 nitrogen and oxygen atoms in total. The number of aliphatic imine (C=N–C) groups is 1. The Bertz CT molecular complexity index is 593. The van der Waals surface area contributed by atoms with Crippen molar-refractivity contribution in [3.05, 3.63) is 23.8 Å². The minimum atomic E-state index is -0.00353. The van der Waals surface area contributed by atoms with Crippen LogP contribution in [-0.4, -0.2) is 57.2 Å². The van der Waals surface area contributed by atoms with Crippen molar-refractivity contribution in [3.63, 3.8) is 0 Å². The van der Waals surface area contributed by atoms with Gasteiger partial charge in [-0.2, -0.15) is 0 Å². The molecule has 0 saturated heterocycles. The molecule has 1 aliphatic heterocycles. The maximum absolute atomic E-state index is 11.7. The Kier molecular flexibility index (Phi) is 9.40. The van der Waals surface area contributed by atoms with Crippen molar-refractivity contribution in [2.45, 2.75) is 19.9 Å². The average Bonchev–Trinajstić information content (AvgIpc) is 2.81. The van der Waals surface area contributed by atoms with Crippen LogP contribution in [0, 0.1) is 0 Å². The Labute approximate surface area is 166 Å². The Morgan fingerprint density at radius 2 is 1.92 bits per heavy atom. The van der Waals surface area contributed by atoms with Crippen molar-refractivity contribution in [1.82, 2.24) is 15.5 Å². The predicted octanol–water partition coefficient (Wildman–Crippen LogP) is 1.61. The van der Waals surface area contributed by atoms with E-state index in [1.807, 2.05) is 25.1 Å². The fraction of sp³-hybridized carbons (Fsp3) is 0.529. The number of hydrogen-bond donors (Lipinski definition) is 2. The van der Waals surface area contributed by atoms with Gasteiger partial charge in [0.15, 0.2) is 17.5 Å². The molecular weight excluding hydrogens is 435 g/mol. The van der Waals surface area contributed by atoms with Gasteiger partial charge in [0.2, 0.25) is 5.91 Å². The summed E-state index contributed by atoms with van der Waals surface area (Å²) in [5.41, 5.74) is 1.02. The zero-order valence-electron chi connectivity index (χ0n) is 15.0. The summed E-state index contributed by atoms with van der Waals surface area (Å²) in [6, 6.07) is 5.85. The number of carbonyl (C=O) groups is 1. The van der Waals surface area contributed by atoms with Crippen molar-refractivity contribution < 1.29 is 14.3 Å². The van der Waals surface area contributed by atoms with E-state index >= 15 is 0 Å². The lowest BCUT2D eigenvalue weighted by atomic mass is 10.2. The minimum absolute atomic E-state index is 0. The van der Waals surface area contributed by atoms with Crippen LogP contribution >= 0.6 is 24.0 Å². The van der Waals surface area contributed by atoms with E-state index in [9.17, 15) is 4.79 Å². The number of amides is 1. The molecule has 140 valence electrons. The lowest BCUT2D eigenvalue weighted by Gasteiger charge is -2.14. The first-order valence-electron chi connectivity index (χ1n) is 8.21. The number of halogens is 1. The van der Waals surface area contributed by atoms with Crippen LogP contribution in [0.5, 0.6) is 11.5 Å². The van der Waals surface area contributed by atoms with Gasteiger partial charge in [0, 0.05) is 27.1 Å². The van der Waals surface area contributed by atoms with Gasteiger partial charge in [-0.25, -0.2) is 4.99 Å². The molecule has 1 aliphatic rings. The number of likely N-dealkylation sites (N-methyl/N-ethyl adjacent to an activating group) is 1. The summed E-state index contributed by atoms with van der Waals surface area (Å²) >= 11 is 0. The summed E-state index contributed by atoms with van der Waals surface area (Å²) in [5.74, 6) is 2.15. The largest absolute Gasteiger partial charge is 0.490 e. The molecule has 1 aromatic carbocycles. The molecule has 1 heterocycles. The molecule has 0 radical (unpaired) electrons. The molecule has 8 heteroatoms. The second-order valence-electron chi connectivity index (χ2n) is 5.67. The van der Waals surface area contributed by atoms with E-state index in [2.05, 4.69) is 15.6 Å². The summed E-state index contributed by atoms with van der Waals surface area (Å²) in [4.78, 5) is 17.7. The van der Waals surface area contributed by atoms with E-state index in [1.54, 1.807) is 19.0 Å². The SMILES string of the molecule is CCNC(=NCc1ccc2c(c1)OCCCO2)NCC(=O)N(C)C.I. The van der Waals surface area contributed by atoms with Gasteiger partial charge in [0.1, 0.15) is 0 Å². The summed E-state index contributed by atoms with van der Waals surface area (Å²) in [6.45, 7) is 4.75. The number of guanidine groups is 1. The van der Waals surface area contributed by atoms with Crippen LogP contribution in [0.1, 0.15) is 18.9 Å². The van der Waals surface area contributed by atoms with Crippen molar-refractivity contribution in [1.29, 1.82) is 0 Å². The van der Waals surface area contributed by atoms with E-state index < -0.39 is 0 Å². The zero-order valence-corrected chi connectivity index (χ0v) is 17.3. The van der Waals surface area contributed by atoms with E-state index in [1.165, 1.54) is 0 Å². The average molecular weight is 462 g/mol.